The van der Waals surface area contributed by atoms with Gasteiger partial charge in [-0.25, -0.2) is 0 Å². The summed E-state index contributed by atoms with van der Waals surface area (Å²) in [4.78, 5) is 24.5. The van der Waals surface area contributed by atoms with Crippen molar-refractivity contribution in [1.82, 2.24) is 5.32 Å². The number of nitrogens with two attached hydrogens (primary N) is 2. The summed E-state index contributed by atoms with van der Waals surface area (Å²) >= 11 is 0. The van der Waals surface area contributed by atoms with Gasteiger partial charge in [0.15, 0.2) is 0 Å². The lowest BCUT2D eigenvalue weighted by atomic mass is 10.1. The molecule has 162 valence electrons. The number of nitrogen functional groups attached to an aromatic ring is 1. The molecule has 0 heterocycles. The van der Waals surface area contributed by atoms with Gasteiger partial charge in [-0.05, 0) is 53.5 Å². The zero-order chi connectivity index (χ0) is 22.5. The van der Waals surface area contributed by atoms with E-state index < -0.39 is 0 Å². The van der Waals surface area contributed by atoms with Gasteiger partial charge in [-0.15, -0.1) is 0 Å². The molecule has 3 aromatic carbocycles. The minimum atomic E-state index is -0.240. The Morgan fingerprint density at radius 2 is 1.66 bits per heavy atom. The zero-order valence-electron chi connectivity index (χ0n) is 17.6. The summed E-state index contributed by atoms with van der Waals surface area (Å²) in [5, 5.41) is 5.65. The van der Waals surface area contributed by atoms with E-state index in [0.29, 0.717) is 29.4 Å². The Kier molecular flexibility index (Phi) is 6.33. The molecular formula is C26H26N4O2. The van der Waals surface area contributed by atoms with Gasteiger partial charge >= 0.3 is 0 Å². The summed E-state index contributed by atoms with van der Waals surface area (Å²) in [5.74, 6) is 0.0565. The van der Waals surface area contributed by atoms with E-state index in [2.05, 4.69) is 22.8 Å². The van der Waals surface area contributed by atoms with E-state index in [1.54, 1.807) is 30.3 Å². The summed E-state index contributed by atoms with van der Waals surface area (Å²) < 4.78 is 0. The average Bonchev–Trinajstić information content (AvgIpc) is 3.55. The van der Waals surface area contributed by atoms with Crippen molar-refractivity contribution in [2.45, 2.75) is 24.9 Å². The van der Waals surface area contributed by atoms with E-state index >= 15 is 0 Å². The van der Waals surface area contributed by atoms with Crippen LogP contribution in [0.15, 0.2) is 78.9 Å². The number of hydrogen-bond donors (Lipinski definition) is 4. The Labute approximate surface area is 187 Å². The van der Waals surface area contributed by atoms with Crippen LogP contribution in [0.1, 0.15) is 39.4 Å². The molecule has 1 aliphatic rings. The third-order valence-electron chi connectivity index (χ3n) is 5.52. The van der Waals surface area contributed by atoms with Crippen molar-refractivity contribution >= 4 is 29.3 Å². The molecular weight excluding hydrogens is 400 g/mol. The molecule has 1 aliphatic carbocycles. The third-order valence-corrected chi connectivity index (χ3v) is 5.52. The van der Waals surface area contributed by atoms with Crippen LogP contribution in [0.25, 0.3) is 6.08 Å². The number of carbonyl (C=O) groups is 2. The lowest BCUT2D eigenvalue weighted by Crippen LogP contribution is -2.20. The predicted octanol–water partition coefficient (Wildman–Crippen LogP) is 3.67. The SMILES string of the molecule is Nc1ccccc1NC(=O)c1ccc(CNC(=O)/C=C/c2ccc([C@@H]3C[C@H]3N)cc2)cc1. The molecule has 2 atom stereocenters. The lowest BCUT2D eigenvalue weighted by molar-refractivity contribution is -0.116. The van der Waals surface area contributed by atoms with Crippen LogP contribution in [0.3, 0.4) is 0 Å². The summed E-state index contributed by atoms with van der Waals surface area (Å²) in [5.41, 5.74) is 16.5. The molecule has 0 unspecified atom stereocenters. The fraction of sp³-hybridized carbons (Fsp3) is 0.154. The quantitative estimate of drug-likeness (QED) is 0.341. The molecule has 0 bridgehead atoms. The number of para-hydroxylation sites is 2. The standard InChI is InChI=1S/C26H26N4O2/c27-22-3-1-2-4-24(22)30-26(32)20-12-7-18(8-13-20)16-29-25(31)14-9-17-5-10-19(11-6-17)21-15-23(21)28/h1-14,21,23H,15-16,27-28H2,(H,29,31)(H,30,32)/b14-9+/t21-,23+/m0/s1. The Hall–Kier alpha value is -3.90. The van der Waals surface area contributed by atoms with Crippen molar-refractivity contribution in [3.05, 3.63) is 101 Å². The summed E-state index contributed by atoms with van der Waals surface area (Å²) in [6, 6.07) is 22.6. The third kappa shape index (κ3) is 5.42. The fourth-order valence-electron chi connectivity index (χ4n) is 3.45. The van der Waals surface area contributed by atoms with Crippen LogP contribution >= 0.6 is 0 Å². The summed E-state index contributed by atoms with van der Waals surface area (Å²) in [6.07, 6.45) is 4.35. The van der Waals surface area contributed by atoms with Crippen molar-refractivity contribution in [1.29, 1.82) is 0 Å². The monoisotopic (exact) mass is 426 g/mol. The maximum absolute atomic E-state index is 12.4. The average molecular weight is 427 g/mol. The smallest absolute Gasteiger partial charge is 0.255 e. The van der Waals surface area contributed by atoms with E-state index in [4.69, 9.17) is 11.5 Å². The molecule has 1 fully saturated rings. The molecule has 0 saturated heterocycles. The highest BCUT2D eigenvalue weighted by Gasteiger charge is 2.34. The van der Waals surface area contributed by atoms with Gasteiger partial charge in [0.1, 0.15) is 0 Å². The number of nitrogens with one attached hydrogen (secondary N) is 2. The van der Waals surface area contributed by atoms with Crippen LogP contribution in [0.4, 0.5) is 11.4 Å². The number of rotatable bonds is 7. The second-order valence-corrected chi connectivity index (χ2v) is 7.96. The molecule has 3 aromatic rings. The molecule has 0 aromatic heterocycles. The normalized spacial score (nSPS) is 17.2. The van der Waals surface area contributed by atoms with Gasteiger partial charge < -0.3 is 22.1 Å². The zero-order valence-corrected chi connectivity index (χ0v) is 17.6. The van der Waals surface area contributed by atoms with E-state index in [1.165, 1.54) is 11.6 Å². The first-order valence-corrected chi connectivity index (χ1v) is 10.6. The first kappa shape index (κ1) is 21.3. The molecule has 6 nitrogen and oxygen atoms in total. The minimum absolute atomic E-state index is 0.181. The van der Waals surface area contributed by atoms with E-state index in [9.17, 15) is 9.59 Å². The van der Waals surface area contributed by atoms with Gasteiger partial charge in [-0.3, -0.25) is 9.59 Å². The van der Waals surface area contributed by atoms with Crippen molar-refractivity contribution in [2.75, 3.05) is 11.1 Å². The van der Waals surface area contributed by atoms with Crippen LogP contribution in [0.2, 0.25) is 0 Å². The topological polar surface area (TPSA) is 110 Å². The van der Waals surface area contributed by atoms with Gasteiger partial charge in [-0.2, -0.15) is 0 Å². The molecule has 0 aliphatic heterocycles. The van der Waals surface area contributed by atoms with Gasteiger partial charge in [-0.1, -0.05) is 48.5 Å². The van der Waals surface area contributed by atoms with Crippen molar-refractivity contribution in [3.63, 3.8) is 0 Å². The highest BCUT2D eigenvalue weighted by atomic mass is 16.2. The van der Waals surface area contributed by atoms with Crippen molar-refractivity contribution < 1.29 is 9.59 Å². The molecule has 0 radical (unpaired) electrons. The second-order valence-electron chi connectivity index (χ2n) is 7.96. The predicted molar refractivity (Wildman–Crippen MR) is 128 cm³/mol. The Morgan fingerprint density at radius 1 is 0.969 bits per heavy atom. The molecule has 6 heteroatoms. The highest BCUT2D eigenvalue weighted by molar-refractivity contribution is 6.05. The number of carbonyl (C=O) groups excluding carboxylic acids is 2. The van der Waals surface area contributed by atoms with E-state index in [1.807, 2.05) is 36.4 Å². The Balaban J connectivity index is 1.26. The molecule has 32 heavy (non-hydrogen) atoms. The first-order chi connectivity index (χ1) is 15.5. The lowest BCUT2D eigenvalue weighted by Gasteiger charge is -2.08. The van der Waals surface area contributed by atoms with Gasteiger partial charge in [0.05, 0.1) is 11.4 Å². The maximum Gasteiger partial charge on any atom is 0.255 e. The molecule has 0 spiro atoms. The second kappa shape index (κ2) is 9.49. The molecule has 1 saturated carbocycles. The van der Waals surface area contributed by atoms with Crippen LogP contribution in [0, 0.1) is 0 Å². The van der Waals surface area contributed by atoms with Crippen LogP contribution in [-0.4, -0.2) is 17.9 Å². The van der Waals surface area contributed by atoms with E-state index in [-0.39, 0.29) is 17.9 Å². The first-order valence-electron chi connectivity index (χ1n) is 10.6. The van der Waals surface area contributed by atoms with Gasteiger partial charge in [0.2, 0.25) is 5.91 Å². The van der Waals surface area contributed by atoms with Crippen LogP contribution in [0.5, 0.6) is 0 Å². The minimum Gasteiger partial charge on any atom is -0.397 e. The molecule has 4 rings (SSSR count). The van der Waals surface area contributed by atoms with Crippen LogP contribution in [-0.2, 0) is 11.3 Å². The molecule has 2 amide bonds. The number of anilines is 2. The van der Waals surface area contributed by atoms with Crippen molar-refractivity contribution in [3.8, 4) is 0 Å². The fourth-order valence-corrected chi connectivity index (χ4v) is 3.45. The summed E-state index contributed by atoms with van der Waals surface area (Å²) in [7, 11) is 0. The molecule has 6 N–H and O–H groups in total. The maximum atomic E-state index is 12.4. The van der Waals surface area contributed by atoms with E-state index in [0.717, 1.165) is 17.5 Å². The van der Waals surface area contributed by atoms with Crippen molar-refractivity contribution in [2.24, 2.45) is 5.73 Å². The summed E-state index contributed by atoms with van der Waals surface area (Å²) in [6.45, 7) is 0.370. The Morgan fingerprint density at radius 3 is 2.31 bits per heavy atom. The Bertz CT molecular complexity index is 1140. The number of amides is 2. The number of benzene rings is 3. The largest absolute Gasteiger partial charge is 0.397 e. The van der Waals surface area contributed by atoms with Gasteiger partial charge in [0.25, 0.3) is 5.91 Å². The van der Waals surface area contributed by atoms with Crippen LogP contribution < -0.4 is 22.1 Å². The number of hydrogen-bond acceptors (Lipinski definition) is 4. The highest BCUT2D eigenvalue weighted by Crippen LogP contribution is 2.38. The van der Waals surface area contributed by atoms with Gasteiger partial charge in [0, 0.05) is 30.1 Å².